The van der Waals surface area contributed by atoms with E-state index in [1.54, 1.807) is 24.3 Å². The molecule has 25 heavy (non-hydrogen) atoms. The monoisotopic (exact) mass is 541 g/mol. The fourth-order valence-corrected chi connectivity index (χ4v) is 1.98. The molecule has 0 aliphatic heterocycles. The van der Waals surface area contributed by atoms with Crippen LogP contribution in [0, 0.1) is 0 Å². The summed E-state index contributed by atoms with van der Waals surface area (Å²) in [6, 6.07) is 13.8. The molecule has 2 radical (unpaired) electrons. The Labute approximate surface area is 167 Å². The van der Waals surface area contributed by atoms with Crippen molar-refractivity contribution in [1.29, 1.82) is 0 Å². The van der Waals surface area contributed by atoms with Gasteiger partial charge in [0.25, 0.3) is 0 Å². The first-order valence-electron chi connectivity index (χ1n) is 7.98. The Balaban J connectivity index is 0.000000443. The van der Waals surface area contributed by atoms with Gasteiger partial charge in [0.1, 0.15) is 0 Å². The first-order chi connectivity index (χ1) is 11.2. The van der Waals surface area contributed by atoms with E-state index in [1.165, 1.54) is 12.1 Å². The van der Waals surface area contributed by atoms with E-state index in [0.29, 0.717) is 11.8 Å². The molecule has 2 rings (SSSR count). The first-order valence-corrected chi connectivity index (χ1v) is 7.98. The summed E-state index contributed by atoms with van der Waals surface area (Å²) in [5, 5.41) is 14.8. The minimum absolute atomic E-state index is 0. The van der Waals surface area contributed by atoms with Crippen LogP contribution < -0.4 is 10.9 Å². The van der Waals surface area contributed by atoms with Gasteiger partial charge >= 0.3 is 48.6 Å². The molecule has 0 aliphatic carbocycles. The second-order valence-corrected chi connectivity index (χ2v) is 6.25. The molecular formula is C20H28BiO4+7. The third-order valence-electron chi connectivity index (χ3n) is 3.59. The van der Waals surface area contributed by atoms with E-state index in [4.69, 9.17) is 10.2 Å². The van der Waals surface area contributed by atoms with Crippen LogP contribution in [0.15, 0.2) is 48.5 Å². The molecule has 0 atom stereocenters. The number of rotatable bonds is 2. The van der Waals surface area contributed by atoms with Crippen LogP contribution in [0.5, 0.6) is 11.5 Å². The Kier molecular flexibility index (Phi) is 10.2. The number of hydrogen-bond donors (Lipinski definition) is 0. The molecule has 4 nitrogen and oxygen atoms in total. The zero-order chi connectivity index (χ0) is 18.3. The first kappa shape index (κ1) is 23.3. The summed E-state index contributed by atoms with van der Waals surface area (Å²) in [7, 11) is 0. The van der Waals surface area contributed by atoms with Crippen molar-refractivity contribution in [3.63, 3.8) is 0 Å². The molecule has 2 aromatic carbocycles. The zero-order valence-electron chi connectivity index (χ0n) is 15.1. The Morgan fingerprint density at radius 3 is 1.28 bits per heavy atom. The van der Waals surface area contributed by atoms with Crippen LogP contribution in [-0.4, -0.2) is 46.0 Å². The van der Waals surface area contributed by atoms with Gasteiger partial charge < -0.3 is 10.2 Å². The summed E-state index contributed by atoms with van der Waals surface area (Å²) in [5.41, 5.74) is 2.20. The van der Waals surface area contributed by atoms with Crippen LogP contribution in [0.2, 0.25) is 0 Å². The summed E-state index contributed by atoms with van der Waals surface area (Å²) in [6.07, 6.45) is 0. The van der Waals surface area contributed by atoms with Crippen molar-refractivity contribution in [3.8, 4) is 11.5 Å². The molecule has 0 bridgehead atoms. The Bertz CT molecular complexity index is 733. The van der Waals surface area contributed by atoms with Crippen molar-refractivity contribution < 1.29 is 19.8 Å². The van der Waals surface area contributed by atoms with Crippen molar-refractivity contribution in [2.75, 3.05) is 0 Å². The molecular weight excluding hydrogens is 513 g/mol. The molecule has 0 saturated heterocycles. The quantitative estimate of drug-likeness (QED) is 0.412. The maximum Gasteiger partial charge on any atom is 3.00 e. The molecule has 0 aliphatic rings. The van der Waals surface area contributed by atoms with Crippen molar-refractivity contribution in [1.82, 2.24) is 0 Å². The van der Waals surface area contributed by atoms with Crippen molar-refractivity contribution >= 4 is 26.2 Å². The van der Waals surface area contributed by atoms with E-state index >= 15 is 0 Å². The predicted octanol–water partition coefficient (Wildman–Crippen LogP) is 2.12. The van der Waals surface area contributed by atoms with Gasteiger partial charge in [0.15, 0.2) is 0 Å². The van der Waals surface area contributed by atoms with Crippen LogP contribution in [0.3, 0.4) is 0 Å². The smallest absolute Gasteiger partial charge is 0.587 e. The Morgan fingerprint density at radius 2 is 1.00 bits per heavy atom. The van der Waals surface area contributed by atoms with E-state index in [0.717, 1.165) is 11.1 Å². The van der Waals surface area contributed by atoms with Gasteiger partial charge in [-0.1, -0.05) is 52.0 Å². The van der Waals surface area contributed by atoms with Crippen molar-refractivity contribution in [3.05, 3.63) is 70.5 Å². The molecule has 0 aromatic heterocycles. The van der Waals surface area contributed by atoms with Gasteiger partial charge in [-0.25, -0.2) is 0 Å². The summed E-state index contributed by atoms with van der Waals surface area (Å²) in [6.45, 7) is 8.25. The van der Waals surface area contributed by atoms with Gasteiger partial charge in [-0.15, -0.1) is 0 Å². The van der Waals surface area contributed by atoms with Gasteiger partial charge in [-0.2, -0.15) is 0 Å². The molecule has 2 aromatic rings. The third kappa shape index (κ3) is 7.79. The van der Waals surface area contributed by atoms with E-state index in [2.05, 4.69) is 27.7 Å². The van der Waals surface area contributed by atoms with E-state index in [9.17, 15) is 9.59 Å². The molecule has 0 unspecified atom stereocenters. The Hall–Kier alpha value is -1.74. The molecule has 6 N–H and O–H groups in total. The van der Waals surface area contributed by atoms with Gasteiger partial charge in [-0.05, 0) is 23.0 Å². The SMILES string of the molecule is CC(C)c1cccc(=[OH+])c([OH2+])c1.CC(C)c1cccc(=[OH+])c([OH2+])c1.[Bi+3]. The maximum absolute atomic E-state index is 9.20. The summed E-state index contributed by atoms with van der Waals surface area (Å²) >= 11 is 0. The second-order valence-electron chi connectivity index (χ2n) is 6.25. The topological polar surface area (TPSA) is 88.6 Å². The summed E-state index contributed by atoms with van der Waals surface area (Å²) in [4.78, 5) is 18.4. The van der Waals surface area contributed by atoms with Crippen LogP contribution in [0.25, 0.3) is 0 Å². The maximum atomic E-state index is 9.20. The molecule has 0 fully saturated rings. The molecule has 0 spiro atoms. The number of hydrogen-bond acceptors (Lipinski definition) is 0. The largest absolute Gasteiger partial charge is 3.00 e. The van der Waals surface area contributed by atoms with Gasteiger partial charge in [-0.3, -0.25) is 9.59 Å². The molecule has 0 saturated carbocycles. The van der Waals surface area contributed by atoms with Crippen LogP contribution in [0.1, 0.15) is 50.7 Å². The summed E-state index contributed by atoms with van der Waals surface area (Å²) < 4.78 is 0. The normalized spacial score (nSPS) is 9.84. The molecule has 0 amide bonds. The molecule has 0 heterocycles. The minimum atomic E-state index is 0. The summed E-state index contributed by atoms with van der Waals surface area (Å²) in [5.74, 6) is 1.15. The predicted molar refractivity (Wildman–Crippen MR) is 103 cm³/mol. The van der Waals surface area contributed by atoms with Crippen LogP contribution in [-0.2, 0) is 0 Å². The Morgan fingerprint density at radius 1 is 0.680 bits per heavy atom. The third-order valence-corrected chi connectivity index (χ3v) is 3.59. The van der Waals surface area contributed by atoms with Gasteiger partial charge in [0, 0.05) is 12.1 Å². The fourth-order valence-electron chi connectivity index (χ4n) is 1.98. The standard InChI is InChI=1S/2C10H12O2.Bi/c2*1-7(2)8-4-3-5-9(11)10(12)6-8;/h2*3-7H,1-2H3,(H,11,12);/q;;+3/p+4. The van der Waals surface area contributed by atoms with E-state index in [1.807, 2.05) is 12.1 Å². The second kappa shape index (κ2) is 11.0. The zero-order valence-corrected chi connectivity index (χ0v) is 18.6. The van der Waals surface area contributed by atoms with Crippen LogP contribution in [0.4, 0.5) is 0 Å². The van der Waals surface area contributed by atoms with E-state index in [-0.39, 0.29) is 48.6 Å². The average Bonchev–Trinajstić information content (AvgIpc) is 2.78. The fraction of sp³-hybridized carbons (Fsp3) is 0.300. The molecule has 5 heteroatoms. The van der Waals surface area contributed by atoms with Crippen molar-refractivity contribution in [2.24, 2.45) is 0 Å². The van der Waals surface area contributed by atoms with Crippen molar-refractivity contribution in [2.45, 2.75) is 39.5 Å². The van der Waals surface area contributed by atoms with Gasteiger partial charge in [0.05, 0.1) is 12.1 Å². The van der Waals surface area contributed by atoms with E-state index < -0.39 is 0 Å². The average molecular weight is 541 g/mol. The minimum Gasteiger partial charge on any atom is -0.587 e. The van der Waals surface area contributed by atoms with Gasteiger partial charge in [0.2, 0.25) is 0 Å². The van der Waals surface area contributed by atoms with Crippen LogP contribution >= 0.6 is 0 Å². The molecule has 130 valence electrons.